The van der Waals surface area contributed by atoms with Gasteiger partial charge in [0.25, 0.3) is 5.91 Å². The van der Waals surface area contributed by atoms with Crippen molar-refractivity contribution in [3.8, 4) is 16.9 Å². The third-order valence-electron chi connectivity index (χ3n) is 6.05. The molecular formula is C26H26ClNO6. The van der Waals surface area contributed by atoms with E-state index >= 15 is 0 Å². The number of piperidine rings is 1. The van der Waals surface area contributed by atoms with Gasteiger partial charge in [-0.05, 0) is 43.9 Å². The van der Waals surface area contributed by atoms with Crippen LogP contribution < -0.4 is 10.4 Å². The molecule has 8 heteroatoms. The van der Waals surface area contributed by atoms with Gasteiger partial charge >= 0.3 is 11.6 Å². The molecular weight excluding hydrogens is 458 g/mol. The Bertz CT molecular complexity index is 1270. The number of nitrogens with zero attached hydrogens (tertiary/aromatic N) is 1. The molecule has 2 heterocycles. The summed E-state index contributed by atoms with van der Waals surface area (Å²) in [7, 11) is 1.37. The molecule has 0 unspecified atom stereocenters. The lowest BCUT2D eigenvalue weighted by Crippen LogP contribution is -2.46. The minimum atomic E-state index is -0.743. The number of halogens is 1. The quantitative estimate of drug-likeness (QED) is 0.373. The zero-order valence-corrected chi connectivity index (χ0v) is 19.8. The lowest BCUT2D eigenvalue weighted by Gasteiger charge is -2.33. The van der Waals surface area contributed by atoms with Gasteiger partial charge in [0, 0.05) is 53.2 Å². The number of esters is 1. The van der Waals surface area contributed by atoms with Crippen LogP contribution in [0.15, 0.2) is 57.7 Å². The molecule has 34 heavy (non-hydrogen) atoms. The summed E-state index contributed by atoms with van der Waals surface area (Å²) in [6.07, 6.45) is 1.26. The third-order valence-corrected chi connectivity index (χ3v) is 6.38. The molecule has 0 bridgehead atoms. The maximum absolute atomic E-state index is 13.0. The number of benzene rings is 2. The van der Waals surface area contributed by atoms with Crippen LogP contribution in [0.25, 0.3) is 22.1 Å². The molecule has 1 saturated heterocycles. The highest BCUT2D eigenvalue weighted by Crippen LogP contribution is 2.34. The Morgan fingerprint density at radius 2 is 1.97 bits per heavy atom. The van der Waals surface area contributed by atoms with E-state index in [9.17, 15) is 14.4 Å². The largest absolute Gasteiger partial charge is 0.481 e. The first kappa shape index (κ1) is 23.8. The lowest BCUT2D eigenvalue weighted by molar-refractivity contribution is -0.145. The van der Waals surface area contributed by atoms with Crippen LogP contribution in [0.4, 0.5) is 0 Å². The van der Waals surface area contributed by atoms with Crippen molar-refractivity contribution in [2.75, 3.05) is 20.2 Å². The Labute approximate surface area is 202 Å². The van der Waals surface area contributed by atoms with Crippen molar-refractivity contribution in [2.24, 2.45) is 5.92 Å². The summed E-state index contributed by atoms with van der Waals surface area (Å²) < 4.78 is 16.1. The molecule has 0 N–H and O–H groups in total. The Kier molecular flexibility index (Phi) is 7.22. The van der Waals surface area contributed by atoms with Gasteiger partial charge in [-0.25, -0.2) is 4.79 Å². The molecule has 7 nitrogen and oxygen atoms in total. The van der Waals surface area contributed by atoms with Crippen LogP contribution in [0.2, 0.25) is 5.02 Å². The van der Waals surface area contributed by atoms with E-state index in [1.54, 1.807) is 36.1 Å². The van der Waals surface area contributed by atoms with Crippen molar-refractivity contribution in [3.63, 3.8) is 0 Å². The predicted octanol–water partition coefficient (Wildman–Crippen LogP) is 4.68. The van der Waals surface area contributed by atoms with Crippen molar-refractivity contribution in [1.82, 2.24) is 4.90 Å². The van der Waals surface area contributed by atoms with Crippen molar-refractivity contribution >= 4 is 34.4 Å². The predicted molar refractivity (Wildman–Crippen MR) is 129 cm³/mol. The van der Waals surface area contributed by atoms with Gasteiger partial charge in [-0.15, -0.1) is 0 Å². The van der Waals surface area contributed by atoms with Crippen LogP contribution in [0, 0.1) is 5.92 Å². The number of fused-ring (bicyclic) bond motifs is 1. The fraction of sp³-hybridized carbons (Fsp3) is 0.346. The number of ether oxygens (including phenoxy) is 2. The molecule has 2 atom stereocenters. The molecule has 2 aromatic carbocycles. The van der Waals surface area contributed by atoms with E-state index in [1.165, 1.54) is 13.2 Å². The molecule has 4 rings (SSSR count). The fourth-order valence-electron chi connectivity index (χ4n) is 4.38. The first-order valence-electron chi connectivity index (χ1n) is 11.2. The molecule has 0 radical (unpaired) electrons. The average Bonchev–Trinajstić information content (AvgIpc) is 2.83. The molecule has 1 fully saturated rings. The van der Waals surface area contributed by atoms with Crippen LogP contribution in [-0.4, -0.2) is 43.1 Å². The summed E-state index contributed by atoms with van der Waals surface area (Å²) in [5.74, 6) is 0.0739. The van der Waals surface area contributed by atoms with Gasteiger partial charge in [-0.3, -0.25) is 9.59 Å². The number of likely N-dealkylation sites (tertiary alicyclic amines) is 1. The third kappa shape index (κ3) is 5.25. The average molecular weight is 484 g/mol. The van der Waals surface area contributed by atoms with Crippen molar-refractivity contribution in [2.45, 2.75) is 32.3 Å². The molecule has 1 aliphatic rings. The van der Waals surface area contributed by atoms with E-state index in [4.69, 9.17) is 25.5 Å². The summed E-state index contributed by atoms with van der Waals surface area (Å²) in [6, 6.07) is 13.8. The minimum Gasteiger partial charge on any atom is -0.481 e. The van der Waals surface area contributed by atoms with E-state index in [0.717, 1.165) is 18.4 Å². The Morgan fingerprint density at radius 3 is 2.74 bits per heavy atom. The van der Waals surface area contributed by atoms with Crippen LogP contribution >= 0.6 is 11.6 Å². The van der Waals surface area contributed by atoms with Gasteiger partial charge in [0.15, 0.2) is 6.10 Å². The normalized spacial score (nSPS) is 16.8. The standard InChI is InChI=1S/C26H26ClNO6/c1-16(26(31)28-11-5-6-17(15-28)12-24(29)32-2)33-18-9-10-20-21(14-25(30)34-23(20)13-18)19-7-3-4-8-22(19)27/h3-4,7-10,13-14,16-17H,5-6,11-12,15H2,1-2H3/t16-,17+/m1/s1. The number of carbonyl (C=O) groups is 2. The molecule has 1 aromatic heterocycles. The highest BCUT2D eigenvalue weighted by Gasteiger charge is 2.29. The number of amides is 1. The SMILES string of the molecule is COC(=O)C[C@@H]1CCCN(C(=O)[C@@H](C)Oc2ccc3c(-c4ccccc4Cl)cc(=O)oc3c2)C1. The first-order chi connectivity index (χ1) is 16.4. The molecule has 0 saturated carbocycles. The molecule has 3 aromatic rings. The Balaban J connectivity index is 1.52. The molecule has 178 valence electrons. The maximum atomic E-state index is 13.0. The van der Waals surface area contributed by atoms with Crippen LogP contribution in [0.3, 0.4) is 0 Å². The molecule has 1 amide bonds. The number of methoxy groups -OCH3 is 1. The smallest absolute Gasteiger partial charge is 0.336 e. The summed E-state index contributed by atoms with van der Waals surface area (Å²) in [6.45, 7) is 2.81. The second-order valence-corrected chi connectivity index (χ2v) is 8.86. The number of carbonyl (C=O) groups excluding carboxylic acids is 2. The van der Waals surface area contributed by atoms with E-state index in [2.05, 4.69) is 0 Å². The highest BCUT2D eigenvalue weighted by molar-refractivity contribution is 6.33. The van der Waals surface area contributed by atoms with E-state index in [1.807, 2.05) is 18.2 Å². The van der Waals surface area contributed by atoms with Gasteiger partial charge < -0.3 is 18.8 Å². The van der Waals surface area contributed by atoms with Gasteiger partial charge in [0.1, 0.15) is 11.3 Å². The minimum absolute atomic E-state index is 0.0792. The van der Waals surface area contributed by atoms with Crippen LogP contribution in [0.5, 0.6) is 5.75 Å². The van der Waals surface area contributed by atoms with Crippen molar-refractivity contribution in [1.29, 1.82) is 0 Å². The molecule has 1 aliphatic heterocycles. The maximum Gasteiger partial charge on any atom is 0.336 e. The molecule has 0 spiro atoms. The number of rotatable bonds is 6. The highest BCUT2D eigenvalue weighted by atomic mass is 35.5. The summed E-state index contributed by atoms with van der Waals surface area (Å²) in [4.78, 5) is 38.6. The van der Waals surface area contributed by atoms with Crippen molar-refractivity contribution in [3.05, 3.63) is 64.0 Å². The van der Waals surface area contributed by atoms with Gasteiger partial charge in [0.05, 0.1) is 7.11 Å². The number of hydrogen-bond donors (Lipinski definition) is 0. The summed E-state index contributed by atoms with van der Waals surface area (Å²) in [5.41, 5.74) is 1.23. The lowest BCUT2D eigenvalue weighted by atomic mass is 9.94. The topological polar surface area (TPSA) is 86.0 Å². The van der Waals surface area contributed by atoms with Crippen LogP contribution in [-0.2, 0) is 14.3 Å². The van der Waals surface area contributed by atoms with E-state index in [-0.39, 0.29) is 17.8 Å². The monoisotopic (exact) mass is 483 g/mol. The second kappa shape index (κ2) is 10.3. The van der Waals surface area contributed by atoms with E-state index in [0.29, 0.717) is 46.8 Å². The number of hydrogen-bond acceptors (Lipinski definition) is 6. The fourth-order valence-corrected chi connectivity index (χ4v) is 4.62. The zero-order chi connectivity index (χ0) is 24.2. The second-order valence-electron chi connectivity index (χ2n) is 8.45. The van der Waals surface area contributed by atoms with Gasteiger partial charge in [-0.2, -0.15) is 0 Å². The summed E-state index contributed by atoms with van der Waals surface area (Å²) >= 11 is 6.34. The Morgan fingerprint density at radius 1 is 1.18 bits per heavy atom. The Hall–Kier alpha value is -3.32. The van der Waals surface area contributed by atoms with Gasteiger partial charge in [0.2, 0.25) is 0 Å². The zero-order valence-electron chi connectivity index (χ0n) is 19.1. The summed E-state index contributed by atoms with van der Waals surface area (Å²) in [5, 5.41) is 1.24. The molecule has 0 aliphatic carbocycles. The van der Waals surface area contributed by atoms with Crippen molar-refractivity contribution < 1.29 is 23.5 Å². The van der Waals surface area contributed by atoms with Crippen LogP contribution in [0.1, 0.15) is 26.2 Å². The first-order valence-corrected chi connectivity index (χ1v) is 11.6. The van der Waals surface area contributed by atoms with E-state index < -0.39 is 11.7 Å². The van der Waals surface area contributed by atoms with Gasteiger partial charge in [-0.1, -0.05) is 29.8 Å².